The number of benzene rings is 3. The third kappa shape index (κ3) is 4.27. The Balaban J connectivity index is 1.62. The van der Waals surface area contributed by atoms with Crippen LogP contribution in [-0.4, -0.2) is 15.5 Å². The fraction of sp³-hybridized carbons (Fsp3) is 0.0870. The lowest BCUT2D eigenvalue weighted by Crippen LogP contribution is -2.33. The number of carbonyl (C=O) groups is 1. The fourth-order valence-corrected chi connectivity index (χ4v) is 3.46. The summed E-state index contributed by atoms with van der Waals surface area (Å²) >= 11 is 3.39. The van der Waals surface area contributed by atoms with Gasteiger partial charge in [0.15, 0.2) is 0 Å². The molecule has 6 heteroatoms. The zero-order chi connectivity index (χ0) is 20.2. The van der Waals surface area contributed by atoms with Crippen molar-refractivity contribution in [1.29, 1.82) is 0 Å². The maximum absolute atomic E-state index is 12.7. The average Bonchev–Trinajstić information content (AvgIpc) is 2.76. The van der Waals surface area contributed by atoms with E-state index in [2.05, 4.69) is 26.2 Å². The van der Waals surface area contributed by atoms with Gasteiger partial charge in [-0.2, -0.15) is 4.98 Å². The number of amides is 1. The Bertz CT molecular complexity index is 1220. The van der Waals surface area contributed by atoms with Crippen molar-refractivity contribution in [3.05, 3.63) is 99.4 Å². The Labute approximate surface area is 176 Å². The van der Waals surface area contributed by atoms with E-state index < -0.39 is 5.69 Å². The van der Waals surface area contributed by atoms with E-state index in [1.54, 1.807) is 0 Å². The fourth-order valence-electron chi connectivity index (χ4n) is 3.20. The monoisotopic (exact) mass is 447 g/mol. The minimum Gasteiger partial charge on any atom is -0.350 e. The first kappa shape index (κ1) is 19.1. The van der Waals surface area contributed by atoms with Crippen LogP contribution in [0.15, 0.2) is 88.1 Å². The summed E-state index contributed by atoms with van der Waals surface area (Å²) < 4.78 is 2.40. The average molecular weight is 448 g/mol. The lowest BCUT2D eigenvalue weighted by Gasteiger charge is -2.13. The van der Waals surface area contributed by atoms with E-state index >= 15 is 0 Å². The summed E-state index contributed by atoms with van der Waals surface area (Å²) in [6.07, 6.45) is 0. The number of para-hydroxylation sites is 1. The van der Waals surface area contributed by atoms with Crippen molar-refractivity contribution in [2.45, 2.75) is 13.1 Å². The molecule has 0 aliphatic carbocycles. The molecule has 1 amide bonds. The molecule has 0 radical (unpaired) electrons. The van der Waals surface area contributed by atoms with Crippen LogP contribution in [-0.2, 0) is 17.9 Å². The molecule has 1 N–H and O–H groups in total. The van der Waals surface area contributed by atoms with Gasteiger partial charge < -0.3 is 5.32 Å². The molecule has 144 valence electrons. The highest BCUT2D eigenvalue weighted by molar-refractivity contribution is 9.10. The largest absolute Gasteiger partial charge is 0.350 e. The van der Waals surface area contributed by atoms with Crippen LogP contribution in [0.3, 0.4) is 0 Å². The normalized spacial score (nSPS) is 10.8. The van der Waals surface area contributed by atoms with Crippen molar-refractivity contribution in [3.63, 3.8) is 0 Å². The third-order valence-electron chi connectivity index (χ3n) is 4.64. The van der Waals surface area contributed by atoms with Gasteiger partial charge in [-0.05, 0) is 23.8 Å². The van der Waals surface area contributed by atoms with Crippen molar-refractivity contribution >= 4 is 32.7 Å². The quantitative estimate of drug-likeness (QED) is 0.499. The van der Waals surface area contributed by atoms with Crippen molar-refractivity contribution in [1.82, 2.24) is 14.9 Å². The molecular weight excluding hydrogens is 430 g/mol. The molecule has 0 aliphatic heterocycles. The number of carbonyl (C=O) groups excluding carboxylic acids is 1. The standard InChI is InChI=1S/C23H18BrN3O2/c24-18-12-10-16(11-13-18)14-25-21(28)15-27-20-9-5-4-8-19(20)22(26-23(27)29)17-6-2-1-3-7-17/h1-13H,14-15H2,(H,25,28). The zero-order valence-electron chi connectivity index (χ0n) is 15.5. The number of fused-ring (bicyclic) bond motifs is 1. The minimum absolute atomic E-state index is 0.0854. The number of hydrogen-bond donors (Lipinski definition) is 1. The molecule has 0 saturated heterocycles. The van der Waals surface area contributed by atoms with Crippen LogP contribution < -0.4 is 11.0 Å². The Morgan fingerprint density at radius 2 is 1.62 bits per heavy atom. The second-order valence-electron chi connectivity index (χ2n) is 6.62. The van der Waals surface area contributed by atoms with Gasteiger partial charge in [0.2, 0.25) is 5.91 Å². The van der Waals surface area contributed by atoms with Gasteiger partial charge in [0.05, 0.1) is 11.2 Å². The van der Waals surface area contributed by atoms with Gasteiger partial charge in [0.25, 0.3) is 0 Å². The number of halogens is 1. The number of rotatable bonds is 5. The van der Waals surface area contributed by atoms with Gasteiger partial charge in [0.1, 0.15) is 6.54 Å². The van der Waals surface area contributed by atoms with E-state index in [9.17, 15) is 9.59 Å². The molecule has 0 saturated carbocycles. The SMILES string of the molecule is O=C(Cn1c(=O)nc(-c2ccccc2)c2ccccc21)NCc1ccc(Br)cc1. The van der Waals surface area contributed by atoms with Gasteiger partial charge in [-0.3, -0.25) is 9.36 Å². The molecule has 0 bridgehead atoms. The number of aromatic nitrogens is 2. The van der Waals surface area contributed by atoms with Crippen molar-refractivity contribution in [2.24, 2.45) is 0 Å². The molecule has 0 spiro atoms. The van der Waals surface area contributed by atoms with Crippen molar-refractivity contribution < 1.29 is 4.79 Å². The number of hydrogen-bond acceptors (Lipinski definition) is 3. The molecular formula is C23H18BrN3O2. The molecule has 1 heterocycles. The predicted molar refractivity (Wildman–Crippen MR) is 117 cm³/mol. The maximum Gasteiger partial charge on any atom is 0.349 e. The highest BCUT2D eigenvalue weighted by Gasteiger charge is 2.14. The van der Waals surface area contributed by atoms with Gasteiger partial charge in [-0.15, -0.1) is 0 Å². The molecule has 0 aliphatic rings. The molecule has 4 aromatic rings. The molecule has 0 unspecified atom stereocenters. The van der Waals surface area contributed by atoms with Gasteiger partial charge in [-0.1, -0.05) is 76.6 Å². The summed E-state index contributed by atoms with van der Waals surface area (Å²) in [6.45, 7) is 0.312. The summed E-state index contributed by atoms with van der Waals surface area (Å²) in [5, 5.41) is 3.70. The first-order valence-corrected chi connectivity index (χ1v) is 9.97. The lowest BCUT2D eigenvalue weighted by molar-refractivity contribution is -0.121. The van der Waals surface area contributed by atoms with Crippen LogP contribution in [0.5, 0.6) is 0 Å². The summed E-state index contributed by atoms with van der Waals surface area (Å²) in [6, 6.07) is 24.8. The lowest BCUT2D eigenvalue weighted by atomic mass is 10.1. The molecule has 3 aromatic carbocycles. The van der Waals surface area contributed by atoms with E-state index in [4.69, 9.17) is 0 Å². The maximum atomic E-state index is 12.7. The van der Waals surface area contributed by atoms with Crippen LogP contribution in [0.4, 0.5) is 0 Å². The molecule has 0 fully saturated rings. The van der Waals surface area contributed by atoms with E-state index in [0.717, 1.165) is 21.0 Å². The van der Waals surface area contributed by atoms with E-state index in [-0.39, 0.29) is 12.5 Å². The van der Waals surface area contributed by atoms with Crippen molar-refractivity contribution in [3.8, 4) is 11.3 Å². The molecule has 0 atom stereocenters. The Hall–Kier alpha value is -3.25. The molecule has 5 nitrogen and oxygen atoms in total. The smallest absolute Gasteiger partial charge is 0.349 e. The second kappa shape index (κ2) is 8.41. The van der Waals surface area contributed by atoms with Crippen LogP contribution in [0.1, 0.15) is 5.56 Å². The van der Waals surface area contributed by atoms with Gasteiger partial charge in [0, 0.05) is 22.0 Å². The van der Waals surface area contributed by atoms with Crippen LogP contribution in [0.2, 0.25) is 0 Å². The van der Waals surface area contributed by atoms with Crippen molar-refractivity contribution in [2.75, 3.05) is 0 Å². The summed E-state index contributed by atoms with van der Waals surface area (Å²) in [5.74, 6) is -0.241. The van der Waals surface area contributed by atoms with E-state index in [1.165, 1.54) is 4.57 Å². The van der Waals surface area contributed by atoms with Crippen LogP contribution in [0, 0.1) is 0 Å². The first-order chi connectivity index (χ1) is 14.1. The summed E-state index contributed by atoms with van der Waals surface area (Å²) in [5.41, 5.74) is 2.72. The number of nitrogens with one attached hydrogen (secondary N) is 1. The Morgan fingerprint density at radius 3 is 2.38 bits per heavy atom. The summed E-state index contributed by atoms with van der Waals surface area (Å²) in [7, 11) is 0. The third-order valence-corrected chi connectivity index (χ3v) is 5.17. The van der Waals surface area contributed by atoms with Gasteiger partial charge >= 0.3 is 5.69 Å². The molecule has 4 rings (SSSR count). The van der Waals surface area contributed by atoms with Gasteiger partial charge in [-0.25, -0.2) is 4.79 Å². The Morgan fingerprint density at radius 1 is 0.931 bits per heavy atom. The van der Waals surface area contributed by atoms with Crippen LogP contribution >= 0.6 is 15.9 Å². The summed E-state index contributed by atoms with van der Waals surface area (Å²) in [4.78, 5) is 29.5. The highest BCUT2D eigenvalue weighted by Crippen LogP contribution is 2.24. The second-order valence-corrected chi connectivity index (χ2v) is 7.53. The number of nitrogens with zero attached hydrogens (tertiary/aromatic N) is 2. The van der Waals surface area contributed by atoms with E-state index in [1.807, 2.05) is 78.9 Å². The zero-order valence-corrected chi connectivity index (χ0v) is 17.1. The minimum atomic E-state index is -0.443. The molecule has 29 heavy (non-hydrogen) atoms. The van der Waals surface area contributed by atoms with Crippen LogP contribution in [0.25, 0.3) is 22.2 Å². The topological polar surface area (TPSA) is 64.0 Å². The van der Waals surface area contributed by atoms with E-state index in [0.29, 0.717) is 17.8 Å². The predicted octanol–water partition coefficient (Wildman–Crippen LogP) is 4.14. The highest BCUT2D eigenvalue weighted by atomic mass is 79.9. The molecule has 1 aromatic heterocycles. The Kier molecular flexibility index (Phi) is 5.53. The first-order valence-electron chi connectivity index (χ1n) is 9.18.